The van der Waals surface area contributed by atoms with Gasteiger partial charge in [0.2, 0.25) is 0 Å². The fourth-order valence-electron chi connectivity index (χ4n) is 1.72. The Kier molecular flexibility index (Phi) is 3.63. The van der Waals surface area contributed by atoms with E-state index in [1.54, 1.807) is 18.0 Å². The Morgan fingerprint density at radius 2 is 2.17 bits per heavy atom. The monoisotopic (exact) mass is 313 g/mol. The Labute approximate surface area is 112 Å². The molecule has 7 heteroatoms. The van der Waals surface area contributed by atoms with E-state index < -0.39 is 4.92 Å². The van der Waals surface area contributed by atoms with Gasteiger partial charge in [0.05, 0.1) is 11.0 Å². The van der Waals surface area contributed by atoms with Crippen molar-refractivity contribution in [2.75, 3.05) is 20.1 Å². The van der Waals surface area contributed by atoms with E-state index >= 15 is 0 Å². The lowest BCUT2D eigenvalue weighted by Gasteiger charge is -2.35. The van der Waals surface area contributed by atoms with Crippen LogP contribution in [0.3, 0.4) is 0 Å². The molecular formula is C11H12BrN3O3. The highest BCUT2D eigenvalue weighted by Crippen LogP contribution is 2.22. The first-order valence-electron chi connectivity index (χ1n) is 5.42. The molecule has 6 nitrogen and oxygen atoms in total. The van der Waals surface area contributed by atoms with Gasteiger partial charge < -0.3 is 10.2 Å². The second kappa shape index (κ2) is 5.03. The van der Waals surface area contributed by atoms with E-state index in [0.29, 0.717) is 10.0 Å². The third-order valence-corrected chi connectivity index (χ3v) is 3.43. The number of amides is 1. The molecule has 0 saturated carbocycles. The maximum Gasteiger partial charge on any atom is 0.271 e. The van der Waals surface area contributed by atoms with Gasteiger partial charge >= 0.3 is 0 Å². The van der Waals surface area contributed by atoms with Crippen LogP contribution < -0.4 is 5.32 Å². The van der Waals surface area contributed by atoms with Gasteiger partial charge in [-0.1, -0.05) is 15.9 Å². The minimum Gasteiger partial charge on any atom is -0.336 e. The molecule has 1 aromatic rings. The maximum atomic E-state index is 12.2. The first-order chi connectivity index (χ1) is 8.49. The first kappa shape index (κ1) is 13.0. The molecule has 0 radical (unpaired) electrons. The number of hydrogen-bond acceptors (Lipinski definition) is 4. The largest absolute Gasteiger partial charge is 0.336 e. The van der Waals surface area contributed by atoms with E-state index in [9.17, 15) is 14.9 Å². The van der Waals surface area contributed by atoms with Crippen LogP contribution in [-0.2, 0) is 0 Å². The summed E-state index contributed by atoms with van der Waals surface area (Å²) >= 11 is 3.18. The molecule has 96 valence electrons. The molecule has 18 heavy (non-hydrogen) atoms. The number of benzene rings is 1. The fraction of sp³-hybridized carbons (Fsp3) is 0.364. The molecular weight excluding hydrogens is 302 g/mol. The van der Waals surface area contributed by atoms with Crippen LogP contribution in [0, 0.1) is 10.1 Å². The van der Waals surface area contributed by atoms with Crippen molar-refractivity contribution in [3.8, 4) is 0 Å². The van der Waals surface area contributed by atoms with Crippen molar-refractivity contribution in [1.29, 1.82) is 0 Å². The van der Waals surface area contributed by atoms with E-state index in [4.69, 9.17) is 0 Å². The summed E-state index contributed by atoms with van der Waals surface area (Å²) < 4.78 is 0.528. The van der Waals surface area contributed by atoms with Crippen molar-refractivity contribution in [3.63, 3.8) is 0 Å². The van der Waals surface area contributed by atoms with E-state index in [2.05, 4.69) is 21.2 Å². The SMILES string of the molecule is CN(C(=O)c1cc(Br)cc([N+](=O)[O-])c1)C1CNC1. The third-order valence-electron chi connectivity index (χ3n) is 2.97. The van der Waals surface area contributed by atoms with Crippen LogP contribution >= 0.6 is 15.9 Å². The molecule has 1 fully saturated rings. The molecule has 0 atom stereocenters. The molecule has 1 amide bonds. The van der Waals surface area contributed by atoms with Crippen LogP contribution in [0.2, 0.25) is 0 Å². The van der Waals surface area contributed by atoms with Gasteiger partial charge in [0.15, 0.2) is 0 Å². The maximum absolute atomic E-state index is 12.2. The van der Waals surface area contributed by atoms with Gasteiger partial charge in [0, 0.05) is 42.3 Å². The summed E-state index contributed by atoms with van der Waals surface area (Å²) in [7, 11) is 1.71. The molecule has 0 aromatic heterocycles. The number of nitrogens with one attached hydrogen (secondary N) is 1. The van der Waals surface area contributed by atoms with Gasteiger partial charge in [0.25, 0.3) is 11.6 Å². The standard InChI is InChI=1S/C11H12BrN3O3/c1-14(10-5-13-6-10)11(16)7-2-8(12)4-9(3-7)15(17)18/h2-4,10,13H,5-6H2,1H3. The number of halogens is 1. The van der Waals surface area contributed by atoms with Crippen LogP contribution in [0.1, 0.15) is 10.4 Å². The van der Waals surface area contributed by atoms with Gasteiger partial charge in [-0.05, 0) is 6.07 Å². The Morgan fingerprint density at radius 3 is 2.67 bits per heavy atom. The Hall–Kier alpha value is -1.47. The number of nitro benzene ring substituents is 1. The van der Waals surface area contributed by atoms with Gasteiger partial charge in [-0.2, -0.15) is 0 Å². The molecule has 0 unspecified atom stereocenters. The van der Waals surface area contributed by atoms with Crippen LogP contribution in [0.15, 0.2) is 22.7 Å². The molecule has 1 aromatic carbocycles. The molecule has 1 N–H and O–H groups in total. The van der Waals surface area contributed by atoms with Gasteiger partial charge in [-0.3, -0.25) is 14.9 Å². The zero-order valence-electron chi connectivity index (χ0n) is 9.72. The number of rotatable bonds is 3. The van der Waals surface area contributed by atoms with Gasteiger partial charge in [-0.15, -0.1) is 0 Å². The van der Waals surface area contributed by atoms with Crippen molar-refractivity contribution >= 4 is 27.5 Å². The number of carbonyl (C=O) groups excluding carboxylic acids is 1. The Bertz CT molecular complexity index is 502. The Balaban J connectivity index is 2.26. The summed E-state index contributed by atoms with van der Waals surface area (Å²) in [6.45, 7) is 1.52. The van der Waals surface area contributed by atoms with E-state index in [1.165, 1.54) is 12.1 Å². The third kappa shape index (κ3) is 2.51. The summed E-state index contributed by atoms with van der Waals surface area (Å²) in [6, 6.07) is 4.44. The highest BCUT2D eigenvalue weighted by molar-refractivity contribution is 9.10. The lowest BCUT2D eigenvalue weighted by Crippen LogP contribution is -2.57. The smallest absolute Gasteiger partial charge is 0.271 e. The fourth-order valence-corrected chi connectivity index (χ4v) is 2.20. The van der Waals surface area contributed by atoms with Gasteiger partial charge in [-0.25, -0.2) is 0 Å². The number of nitrogens with zero attached hydrogens (tertiary/aromatic N) is 2. The second-order valence-electron chi connectivity index (χ2n) is 4.18. The van der Waals surface area contributed by atoms with Crippen molar-refractivity contribution in [3.05, 3.63) is 38.3 Å². The summed E-state index contributed by atoms with van der Waals surface area (Å²) in [6.07, 6.45) is 0. The number of hydrogen-bond donors (Lipinski definition) is 1. The van der Waals surface area contributed by atoms with Crippen LogP contribution in [0.4, 0.5) is 5.69 Å². The number of likely N-dealkylation sites (N-methyl/N-ethyl adjacent to an activating group) is 1. The molecule has 0 bridgehead atoms. The second-order valence-corrected chi connectivity index (χ2v) is 5.10. The van der Waals surface area contributed by atoms with E-state index in [-0.39, 0.29) is 17.6 Å². The molecule has 1 aliphatic heterocycles. The highest BCUT2D eigenvalue weighted by atomic mass is 79.9. The lowest BCUT2D eigenvalue weighted by molar-refractivity contribution is -0.385. The Morgan fingerprint density at radius 1 is 1.50 bits per heavy atom. The predicted octanol–water partition coefficient (Wildman–Crippen LogP) is 1.40. The summed E-state index contributed by atoms with van der Waals surface area (Å²) in [5, 5.41) is 13.8. The molecule has 1 saturated heterocycles. The highest BCUT2D eigenvalue weighted by Gasteiger charge is 2.27. The summed E-state index contributed by atoms with van der Waals surface area (Å²) in [4.78, 5) is 24.0. The zero-order chi connectivity index (χ0) is 13.3. The minimum atomic E-state index is -0.507. The first-order valence-corrected chi connectivity index (χ1v) is 6.21. The molecule has 0 spiro atoms. The van der Waals surface area contributed by atoms with E-state index in [1.807, 2.05) is 0 Å². The van der Waals surface area contributed by atoms with Crippen molar-refractivity contribution in [1.82, 2.24) is 10.2 Å². The minimum absolute atomic E-state index is 0.0899. The normalized spacial score (nSPS) is 15.0. The molecule has 2 rings (SSSR count). The molecule has 1 heterocycles. The molecule has 1 aliphatic rings. The lowest BCUT2D eigenvalue weighted by atomic mass is 10.1. The van der Waals surface area contributed by atoms with Crippen LogP contribution in [0.5, 0.6) is 0 Å². The van der Waals surface area contributed by atoms with E-state index in [0.717, 1.165) is 13.1 Å². The average molecular weight is 314 g/mol. The summed E-state index contributed by atoms with van der Waals surface area (Å²) in [5.74, 6) is -0.203. The van der Waals surface area contributed by atoms with Crippen molar-refractivity contribution < 1.29 is 9.72 Å². The molecule has 0 aliphatic carbocycles. The van der Waals surface area contributed by atoms with Crippen LogP contribution in [0.25, 0.3) is 0 Å². The predicted molar refractivity (Wildman–Crippen MR) is 69.5 cm³/mol. The number of carbonyl (C=O) groups is 1. The average Bonchev–Trinajstić information content (AvgIpc) is 2.24. The zero-order valence-corrected chi connectivity index (χ0v) is 11.3. The van der Waals surface area contributed by atoms with Crippen molar-refractivity contribution in [2.24, 2.45) is 0 Å². The van der Waals surface area contributed by atoms with Crippen LogP contribution in [-0.4, -0.2) is 41.9 Å². The topological polar surface area (TPSA) is 75.5 Å². The number of non-ortho nitro benzene ring substituents is 1. The summed E-state index contributed by atoms with van der Waals surface area (Å²) in [5.41, 5.74) is 0.235. The van der Waals surface area contributed by atoms with Gasteiger partial charge in [0.1, 0.15) is 0 Å². The number of nitro groups is 1. The van der Waals surface area contributed by atoms with Crippen molar-refractivity contribution in [2.45, 2.75) is 6.04 Å². The quantitative estimate of drug-likeness (QED) is 0.676.